The van der Waals surface area contributed by atoms with Crippen LogP contribution in [0.1, 0.15) is 61.4 Å². The first-order valence-corrected chi connectivity index (χ1v) is 16.9. The van der Waals surface area contributed by atoms with E-state index >= 15 is 0 Å². The molecule has 234 valence electrons. The maximum absolute atomic E-state index is 13.7. The van der Waals surface area contributed by atoms with Crippen molar-refractivity contribution in [3.63, 3.8) is 0 Å². The molecule has 1 aromatic carbocycles. The molecule has 2 bridgehead atoms. The molecular weight excluding hydrogens is 623 g/mol. The predicted octanol–water partition coefficient (Wildman–Crippen LogP) is 5.56. The number of aromatic nitrogens is 1. The summed E-state index contributed by atoms with van der Waals surface area (Å²) < 4.78 is 0. The standard InChI is InChI=1S/C32H36Cl2N4O5S/c33-20-2-1-3-21(34)27(20)30-28(31(40)41)22(8-9-25-35-10-15-44-25)36-23(29(30)32(42)43)17-26(39)38-13-11-37(12-14-38)24-16-18-4-6-19(24)7-5-18/h1-3,10,15,18-19,24,30,36H,4-9,11-14,16-17H2,(H,40,41)(H,42,43). The SMILES string of the molecule is O=C(O)C1=C(CCc2nccs2)NC(CC(=O)N2CCN(C3CC4CCC3CC4)CC2)=C(C(=O)O)C1c1c(Cl)cccc1Cl. The monoisotopic (exact) mass is 658 g/mol. The van der Waals surface area contributed by atoms with Crippen LogP contribution in [0.2, 0.25) is 10.0 Å². The number of hydrogen-bond donors (Lipinski definition) is 3. The average molecular weight is 660 g/mol. The van der Waals surface area contributed by atoms with Crippen LogP contribution in [0.4, 0.5) is 0 Å². The molecule has 2 aromatic rings. The van der Waals surface area contributed by atoms with E-state index in [1.54, 1.807) is 29.3 Å². The minimum absolute atomic E-state index is 0.152. The summed E-state index contributed by atoms with van der Waals surface area (Å²) in [6.45, 7) is 2.76. The zero-order valence-corrected chi connectivity index (χ0v) is 26.6. The number of benzene rings is 1. The summed E-state index contributed by atoms with van der Waals surface area (Å²) in [5, 5.41) is 27.0. The van der Waals surface area contributed by atoms with Crippen molar-refractivity contribution in [3.8, 4) is 0 Å². The van der Waals surface area contributed by atoms with Crippen LogP contribution >= 0.6 is 34.5 Å². The largest absolute Gasteiger partial charge is 0.478 e. The summed E-state index contributed by atoms with van der Waals surface area (Å²) >= 11 is 14.6. The molecule has 0 radical (unpaired) electrons. The van der Waals surface area contributed by atoms with Crippen LogP contribution in [0.3, 0.4) is 0 Å². The Kier molecular flexibility index (Phi) is 9.33. The number of amides is 1. The van der Waals surface area contributed by atoms with Crippen LogP contribution < -0.4 is 5.32 Å². The van der Waals surface area contributed by atoms with Crippen molar-refractivity contribution in [2.45, 2.75) is 63.3 Å². The first kappa shape index (κ1) is 31.1. The summed E-state index contributed by atoms with van der Waals surface area (Å²) in [6, 6.07) is 5.33. The van der Waals surface area contributed by atoms with Gasteiger partial charge >= 0.3 is 11.9 Å². The number of aryl methyl sites for hydroxylation is 1. The molecule has 2 unspecified atom stereocenters. The van der Waals surface area contributed by atoms with E-state index < -0.39 is 17.9 Å². The third kappa shape index (κ3) is 6.27. The molecule has 5 aliphatic rings. The highest BCUT2D eigenvalue weighted by atomic mass is 35.5. The van der Waals surface area contributed by atoms with Crippen molar-refractivity contribution >= 4 is 52.4 Å². The number of nitrogens with zero attached hydrogens (tertiary/aromatic N) is 3. The molecule has 3 saturated carbocycles. The second-order valence-corrected chi connectivity index (χ2v) is 14.0. The van der Waals surface area contributed by atoms with Gasteiger partial charge in [-0.3, -0.25) is 9.69 Å². The van der Waals surface area contributed by atoms with Gasteiger partial charge in [0.25, 0.3) is 0 Å². The van der Waals surface area contributed by atoms with E-state index in [1.165, 1.54) is 43.4 Å². The van der Waals surface area contributed by atoms with Crippen LogP contribution in [0.25, 0.3) is 0 Å². The quantitative estimate of drug-likeness (QED) is 0.320. The summed E-state index contributed by atoms with van der Waals surface area (Å²) in [7, 11) is 0. The van der Waals surface area contributed by atoms with Crippen LogP contribution in [0.5, 0.6) is 0 Å². The lowest BCUT2D eigenvalue weighted by Gasteiger charge is -2.49. The van der Waals surface area contributed by atoms with Crippen molar-refractivity contribution in [3.05, 3.63) is 72.9 Å². The fraction of sp³-hybridized carbons (Fsp3) is 0.500. The number of rotatable bonds is 9. The third-order valence-electron chi connectivity index (χ3n) is 9.83. The Labute approximate surface area is 270 Å². The van der Waals surface area contributed by atoms with Gasteiger partial charge in [-0.25, -0.2) is 14.6 Å². The number of carboxylic acid groups (broad SMARTS) is 2. The van der Waals surface area contributed by atoms with E-state index in [9.17, 15) is 24.6 Å². The number of carboxylic acids is 2. The maximum atomic E-state index is 13.7. The molecule has 1 saturated heterocycles. The Hall–Kier alpha value is -2.92. The van der Waals surface area contributed by atoms with Crippen LogP contribution in [-0.4, -0.2) is 75.1 Å². The number of hydrogen-bond acceptors (Lipinski definition) is 7. The molecule has 4 fully saturated rings. The molecule has 1 amide bonds. The van der Waals surface area contributed by atoms with Gasteiger partial charge in [0.2, 0.25) is 5.91 Å². The van der Waals surface area contributed by atoms with Gasteiger partial charge < -0.3 is 20.4 Å². The zero-order valence-electron chi connectivity index (χ0n) is 24.3. The van der Waals surface area contributed by atoms with Crippen LogP contribution in [0, 0.1) is 11.8 Å². The van der Waals surface area contributed by atoms with Gasteiger partial charge in [0.15, 0.2) is 0 Å². The van der Waals surface area contributed by atoms with Gasteiger partial charge in [0.05, 0.1) is 28.5 Å². The van der Waals surface area contributed by atoms with Crippen molar-refractivity contribution in [2.75, 3.05) is 26.2 Å². The Morgan fingerprint density at radius 2 is 1.59 bits per heavy atom. The van der Waals surface area contributed by atoms with Crippen LogP contribution in [0.15, 0.2) is 52.3 Å². The lowest BCUT2D eigenvalue weighted by Crippen LogP contribution is -2.56. The number of carbonyl (C=O) groups excluding carboxylic acids is 1. The van der Waals surface area contributed by atoms with Gasteiger partial charge in [0.1, 0.15) is 0 Å². The highest BCUT2D eigenvalue weighted by Gasteiger charge is 2.42. The maximum Gasteiger partial charge on any atom is 0.334 e. The zero-order chi connectivity index (χ0) is 31.0. The van der Waals surface area contributed by atoms with E-state index in [4.69, 9.17) is 23.2 Å². The average Bonchev–Trinajstić information content (AvgIpc) is 3.54. The predicted molar refractivity (Wildman–Crippen MR) is 169 cm³/mol. The molecule has 3 N–H and O–H groups in total. The summed E-state index contributed by atoms with van der Waals surface area (Å²) in [4.78, 5) is 48.1. The van der Waals surface area contributed by atoms with Gasteiger partial charge in [0, 0.05) is 77.2 Å². The molecule has 7 rings (SSSR count). The highest BCUT2D eigenvalue weighted by Crippen LogP contribution is 2.46. The Bertz CT molecular complexity index is 1470. The van der Waals surface area contributed by atoms with Gasteiger partial charge in [-0.1, -0.05) is 42.1 Å². The molecular formula is C32H36Cl2N4O5S. The summed E-state index contributed by atoms with van der Waals surface area (Å²) in [5.74, 6) is -2.52. The Morgan fingerprint density at radius 1 is 0.932 bits per heavy atom. The van der Waals surface area contributed by atoms with E-state index in [2.05, 4.69) is 15.2 Å². The first-order chi connectivity index (χ1) is 21.2. The molecule has 12 heteroatoms. The summed E-state index contributed by atoms with van der Waals surface area (Å²) in [6.07, 6.45) is 8.72. The molecule has 1 aromatic heterocycles. The second-order valence-electron chi connectivity index (χ2n) is 12.2. The number of fused-ring (bicyclic) bond motifs is 3. The smallest absolute Gasteiger partial charge is 0.334 e. The molecule has 0 spiro atoms. The first-order valence-electron chi connectivity index (χ1n) is 15.2. The fourth-order valence-corrected chi connectivity index (χ4v) is 8.93. The Balaban J connectivity index is 1.28. The number of carbonyl (C=O) groups is 3. The topological polar surface area (TPSA) is 123 Å². The van der Waals surface area contributed by atoms with Gasteiger partial charge in [-0.05, 0) is 49.7 Å². The van der Waals surface area contributed by atoms with E-state index in [1.807, 2.05) is 5.38 Å². The minimum Gasteiger partial charge on any atom is -0.478 e. The number of thiazole rings is 1. The molecule has 9 nitrogen and oxygen atoms in total. The second kappa shape index (κ2) is 13.2. The number of halogens is 2. The lowest BCUT2D eigenvalue weighted by molar-refractivity contribution is -0.133. The van der Waals surface area contributed by atoms with E-state index in [0.717, 1.165) is 29.9 Å². The van der Waals surface area contributed by atoms with Crippen molar-refractivity contribution in [1.82, 2.24) is 20.1 Å². The Morgan fingerprint density at radius 3 is 2.16 bits per heavy atom. The third-order valence-corrected chi connectivity index (χ3v) is 11.3. The number of allylic oxidation sites excluding steroid dienone is 1. The number of nitrogens with one attached hydrogen (secondary N) is 1. The van der Waals surface area contributed by atoms with Crippen molar-refractivity contribution in [1.29, 1.82) is 0 Å². The highest BCUT2D eigenvalue weighted by molar-refractivity contribution is 7.09. The lowest BCUT2D eigenvalue weighted by atomic mass is 9.67. The minimum atomic E-state index is -1.34. The molecule has 3 heterocycles. The fourth-order valence-electron chi connectivity index (χ4n) is 7.69. The van der Waals surface area contributed by atoms with E-state index in [0.29, 0.717) is 31.2 Å². The molecule has 2 atom stereocenters. The molecule has 2 aliphatic heterocycles. The summed E-state index contributed by atoms with van der Waals surface area (Å²) in [5.41, 5.74) is 0.286. The molecule has 44 heavy (non-hydrogen) atoms. The molecule has 3 aliphatic carbocycles. The van der Waals surface area contributed by atoms with Gasteiger partial charge in [-0.2, -0.15) is 0 Å². The van der Waals surface area contributed by atoms with E-state index in [-0.39, 0.29) is 51.2 Å². The van der Waals surface area contributed by atoms with Crippen molar-refractivity contribution in [2.24, 2.45) is 11.8 Å². The number of aliphatic carboxylic acids is 2. The van der Waals surface area contributed by atoms with Crippen LogP contribution in [-0.2, 0) is 20.8 Å². The number of dihydropyridines is 1. The number of piperazine rings is 1. The van der Waals surface area contributed by atoms with Gasteiger partial charge in [-0.15, -0.1) is 11.3 Å². The normalized spacial score (nSPS) is 25.7. The van der Waals surface area contributed by atoms with Crippen molar-refractivity contribution < 1.29 is 24.6 Å².